The zero-order valence-corrected chi connectivity index (χ0v) is 11.9. The second-order valence-corrected chi connectivity index (χ2v) is 7.05. The number of carboxylic acid groups (broad SMARTS) is 1. The number of aliphatic carboxylic acids is 1. The summed E-state index contributed by atoms with van der Waals surface area (Å²) in [6.07, 6.45) is 2.26. The Labute approximate surface area is 117 Å². The van der Waals surface area contributed by atoms with Gasteiger partial charge >= 0.3 is 5.97 Å². The molecule has 2 heterocycles. The molecular formula is C13H20N2O3S. The Morgan fingerprint density at radius 2 is 2.05 bits per heavy atom. The van der Waals surface area contributed by atoms with E-state index in [9.17, 15) is 14.7 Å². The fourth-order valence-electron chi connectivity index (χ4n) is 3.07. The average molecular weight is 284 g/mol. The zero-order chi connectivity index (χ0) is 13.6. The van der Waals surface area contributed by atoms with E-state index in [1.54, 1.807) is 16.7 Å². The molecule has 4 atom stereocenters. The Balaban J connectivity index is 1.80. The molecule has 0 spiro atoms. The number of carbonyl (C=O) groups is 2. The molecule has 19 heavy (non-hydrogen) atoms. The summed E-state index contributed by atoms with van der Waals surface area (Å²) in [5, 5.41) is 12.7. The summed E-state index contributed by atoms with van der Waals surface area (Å²) in [5.41, 5.74) is 0. The van der Waals surface area contributed by atoms with Crippen molar-refractivity contribution in [3.8, 4) is 0 Å². The van der Waals surface area contributed by atoms with E-state index in [1.807, 2.05) is 0 Å². The van der Waals surface area contributed by atoms with Crippen LogP contribution in [0.5, 0.6) is 0 Å². The van der Waals surface area contributed by atoms with Crippen molar-refractivity contribution in [2.75, 3.05) is 18.8 Å². The third-order valence-electron chi connectivity index (χ3n) is 4.43. The fourth-order valence-corrected chi connectivity index (χ4v) is 4.71. The Morgan fingerprint density at radius 1 is 1.32 bits per heavy atom. The van der Waals surface area contributed by atoms with Crippen LogP contribution in [0.25, 0.3) is 0 Å². The number of carbonyl (C=O) groups excluding carboxylic acids is 1. The Hall–Kier alpha value is -0.750. The second-order valence-electron chi connectivity index (χ2n) is 5.90. The number of rotatable bonds is 3. The Bertz CT molecular complexity index is 399. The predicted molar refractivity (Wildman–Crippen MR) is 72.8 cm³/mol. The number of thioether (sulfide) groups is 1. The molecule has 2 N–H and O–H groups in total. The lowest BCUT2D eigenvalue weighted by atomic mass is 9.96. The van der Waals surface area contributed by atoms with Gasteiger partial charge in [-0.3, -0.25) is 4.79 Å². The highest BCUT2D eigenvalue weighted by Gasteiger charge is 2.50. The van der Waals surface area contributed by atoms with E-state index < -0.39 is 12.0 Å². The first-order chi connectivity index (χ1) is 9.09. The molecule has 3 rings (SSSR count). The van der Waals surface area contributed by atoms with Crippen LogP contribution in [0.4, 0.5) is 0 Å². The van der Waals surface area contributed by atoms with E-state index in [1.165, 1.54) is 0 Å². The number of hydrogen-bond donors (Lipinski definition) is 2. The highest BCUT2D eigenvalue weighted by atomic mass is 32.2. The van der Waals surface area contributed by atoms with E-state index in [0.29, 0.717) is 24.1 Å². The smallest absolute Gasteiger partial charge is 0.327 e. The summed E-state index contributed by atoms with van der Waals surface area (Å²) in [4.78, 5) is 25.8. The van der Waals surface area contributed by atoms with Crippen LogP contribution in [0.3, 0.4) is 0 Å². The highest BCUT2D eigenvalue weighted by Crippen LogP contribution is 2.46. The highest BCUT2D eigenvalue weighted by molar-refractivity contribution is 8.00. The zero-order valence-electron chi connectivity index (χ0n) is 11.0. The number of amides is 1. The van der Waals surface area contributed by atoms with Gasteiger partial charge in [-0.1, -0.05) is 6.92 Å². The average Bonchev–Trinajstić information content (AvgIpc) is 2.97. The van der Waals surface area contributed by atoms with Crippen LogP contribution in [-0.2, 0) is 9.59 Å². The van der Waals surface area contributed by atoms with Gasteiger partial charge in [-0.05, 0) is 31.2 Å². The summed E-state index contributed by atoms with van der Waals surface area (Å²) in [7, 11) is 0. The molecule has 3 aliphatic rings. The topological polar surface area (TPSA) is 69.6 Å². The minimum atomic E-state index is -0.859. The molecule has 3 fully saturated rings. The quantitative estimate of drug-likeness (QED) is 0.794. The minimum absolute atomic E-state index is 0.0480. The van der Waals surface area contributed by atoms with Gasteiger partial charge in [0.1, 0.15) is 6.04 Å². The van der Waals surface area contributed by atoms with E-state index in [0.717, 1.165) is 19.4 Å². The van der Waals surface area contributed by atoms with Crippen LogP contribution in [0, 0.1) is 17.8 Å². The molecule has 0 aromatic rings. The van der Waals surface area contributed by atoms with Crippen LogP contribution < -0.4 is 5.32 Å². The molecular weight excluding hydrogens is 264 g/mol. The molecule has 5 nitrogen and oxygen atoms in total. The molecule has 1 amide bonds. The minimum Gasteiger partial charge on any atom is -0.480 e. The molecule has 1 aliphatic carbocycles. The number of nitrogens with zero attached hydrogens (tertiary/aromatic N) is 1. The van der Waals surface area contributed by atoms with Gasteiger partial charge in [0.15, 0.2) is 0 Å². The van der Waals surface area contributed by atoms with E-state index >= 15 is 0 Å². The molecule has 1 saturated carbocycles. The first kappa shape index (κ1) is 13.2. The van der Waals surface area contributed by atoms with Crippen molar-refractivity contribution < 1.29 is 14.7 Å². The Morgan fingerprint density at radius 3 is 2.58 bits per heavy atom. The van der Waals surface area contributed by atoms with Crippen molar-refractivity contribution in [3.05, 3.63) is 0 Å². The lowest BCUT2D eigenvalue weighted by molar-refractivity contribution is -0.151. The summed E-state index contributed by atoms with van der Waals surface area (Å²) in [6.45, 7) is 3.60. The molecule has 2 aliphatic heterocycles. The summed E-state index contributed by atoms with van der Waals surface area (Å²) < 4.78 is 0. The maximum absolute atomic E-state index is 12.7. The molecule has 0 aromatic carbocycles. The van der Waals surface area contributed by atoms with Crippen LogP contribution in [-0.4, -0.2) is 52.1 Å². The summed E-state index contributed by atoms with van der Waals surface area (Å²) >= 11 is 1.65. The van der Waals surface area contributed by atoms with Gasteiger partial charge in [-0.25, -0.2) is 4.79 Å². The monoisotopic (exact) mass is 284 g/mol. The van der Waals surface area contributed by atoms with Crippen molar-refractivity contribution in [1.29, 1.82) is 0 Å². The van der Waals surface area contributed by atoms with E-state index in [2.05, 4.69) is 12.2 Å². The van der Waals surface area contributed by atoms with Gasteiger partial charge in [0.2, 0.25) is 5.91 Å². The van der Waals surface area contributed by atoms with Crippen LogP contribution in [0.1, 0.15) is 19.8 Å². The molecule has 0 radical (unpaired) electrons. The largest absolute Gasteiger partial charge is 0.480 e. The van der Waals surface area contributed by atoms with Gasteiger partial charge in [-0.2, -0.15) is 0 Å². The molecule has 106 valence electrons. The van der Waals surface area contributed by atoms with Gasteiger partial charge in [0, 0.05) is 12.3 Å². The van der Waals surface area contributed by atoms with Crippen molar-refractivity contribution >= 4 is 23.6 Å². The lowest BCUT2D eigenvalue weighted by Crippen LogP contribution is -2.49. The molecule has 0 bridgehead atoms. The number of carboxylic acids is 1. The first-order valence-corrected chi connectivity index (χ1v) is 8.01. The van der Waals surface area contributed by atoms with E-state index in [4.69, 9.17) is 0 Å². The van der Waals surface area contributed by atoms with Crippen molar-refractivity contribution in [2.45, 2.75) is 31.2 Å². The third-order valence-corrected chi connectivity index (χ3v) is 5.90. The lowest BCUT2D eigenvalue weighted by Gasteiger charge is -2.30. The third kappa shape index (κ3) is 2.36. The molecule has 6 heteroatoms. The van der Waals surface area contributed by atoms with Crippen molar-refractivity contribution in [3.63, 3.8) is 0 Å². The van der Waals surface area contributed by atoms with Crippen LogP contribution in [0.2, 0.25) is 0 Å². The van der Waals surface area contributed by atoms with Gasteiger partial charge in [0.05, 0.1) is 11.3 Å². The van der Waals surface area contributed by atoms with E-state index in [-0.39, 0.29) is 17.2 Å². The second kappa shape index (κ2) is 4.98. The van der Waals surface area contributed by atoms with Crippen LogP contribution >= 0.6 is 11.8 Å². The van der Waals surface area contributed by atoms with Crippen LogP contribution in [0.15, 0.2) is 0 Å². The molecule has 2 saturated heterocycles. The van der Waals surface area contributed by atoms with Gasteiger partial charge < -0.3 is 15.3 Å². The predicted octanol–water partition coefficient (Wildman–Crippen LogP) is 0.607. The fraction of sp³-hybridized carbons (Fsp3) is 0.846. The maximum Gasteiger partial charge on any atom is 0.327 e. The SMILES string of the molecule is C[C@@H]1CNC[C@H]1C(=O)N1C(C(=O)O)CSC1C1CC1. The van der Waals surface area contributed by atoms with Crippen molar-refractivity contribution in [2.24, 2.45) is 17.8 Å². The number of nitrogens with one attached hydrogen (secondary N) is 1. The molecule has 2 unspecified atom stereocenters. The normalized spacial score (nSPS) is 38.7. The Kier molecular flexibility index (Phi) is 3.47. The standard InChI is InChI=1S/C13H20N2O3S/c1-7-4-14-5-9(7)11(16)15-10(13(17)18)6-19-12(15)8-2-3-8/h7-10,12,14H,2-6H2,1H3,(H,17,18)/t7-,9-,10?,12?/m1/s1. The maximum atomic E-state index is 12.7. The summed E-state index contributed by atoms with van der Waals surface area (Å²) in [5.74, 6) is 0.489. The number of hydrogen-bond acceptors (Lipinski definition) is 4. The first-order valence-electron chi connectivity index (χ1n) is 6.97. The summed E-state index contributed by atoms with van der Waals surface area (Å²) in [6, 6.07) is -0.629. The molecule has 0 aromatic heterocycles. The van der Waals surface area contributed by atoms with Gasteiger partial charge in [-0.15, -0.1) is 11.8 Å². The van der Waals surface area contributed by atoms with Gasteiger partial charge in [0.25, 0.3) is 0 Å². The van der Waals surface area contributed by atoms with Crippen molar-refractivity contribution in [1.82, 2.24) is 10.2 Å².